The van der Waals surface area contributed by atoms with E-state index in [0.29, 0.717) is 71.2 Å². The van der Waals surface area contributed by atoms with E-state index in [9.17, 15) is 19.2 Å². The summed E-state index contributed by atoms with van der Waals surface area (Å²) in [5.41, 5.74) is 15.4. The van der Waals surface area contributed by atoms with E-state index in [4.69, 9.17) is 9.97 Å². The molecule has 482 valence electrons. The molecular formula is C80H98N8O4. The monoisotopic (exact) mass is 1230 g/mol. The number of aromatic nitrogens is 4. The fourth-order valence-corrected chi connectivity index (χ4v) is 14.0. The number of anilines is 4. The predicted octanol–water partition coefficient (Wildman–Crippen LogP) is 20.9. The van der Waals surface area contributed by atoms with Crippen LogP contribution in [0, 0.1) is 45.3 Å². The molecule has 0 aliphatic carbocycles. The maximum atomic E-state index is 13.8. The van der Waals surface area contributed by atoms with Crippen LogP contribution in [0.4, 0.5) is 22.7 Å². The van der Waals surface area contributed by atoms with Gasteiger partial charge in [-0.25, -0.2) is 9.97 Å². The van der Waals surface area contributed by atoms with Crippen molar-refractivity contribution in [2.45, 2.75) is 162 Å². The Labute approximate surface area is 546 Å². The van der Waals surface area contributed by atoms with E-state index in [1.54, 1.807) is 0 Å². The first-order valence-electron chi connectivity index (χ1n) is 33.0. The van der Waals surface area contributed by atoms with Crippen LogP contribution >= 0.6 is 0 Å². The van der Waals surface area contributed by atoms with Crippen LogP contribution < -0.4 is 21.3 Å². The fourth-order valence-electron chi connectivity index (χ4n) is 14.0. The van der Waals surface area contributed by atoms with E-state index in [1.807, 2.05) is 121 Å². The van der Waals surface area contributed by atoms with E-state index < -0.39 is 0 Å². The molecule has 7 aromatic rings. The van der Waals surface area contributed by atoms with Crippen LogP contribution in [0.25, 0.3) is 90.9 Å². The Hall–Kier alpha value is -8.64. The molecule has 5 heterocycles. The Kier molecular flexibility index (Phi) is 20.7. The van der Waals surface area contributed by atoms with Gasteiger partial charge in [0.25, 0.3) is 0 Å². The molecule has 4 atom stereocenters. The molecule has 4 aromatic carbocycles. The summed E-state index contributed by atoms with van der Waals surface area (Å²) < 4.78 is 0. The van der Waals surface area contributed by atoms with Crippen LogP contribution in [0.3, 0.4) is 0 Å². The Balaban J connectivity index is 1.29. The van der Waals surface area contributed by atoms with Crippen molar-refractivity contribution in [3.8, 4) is 44.5 Å². The topological polar surface area (TPSA) is 174 Å². The number of aromatic amines is 2. The lowest BCUT2D eigenvalue weighted by Gasteiger charge is -2.22. The molecule has 0 saturated carbocycles. The Morgan fingerprint density at radius 1 is 0.337 bits per heavy atom. The molecule has 9 rings (SSSR count). The van der Waals surface area contributed by atoms with Crippen molar-refractivity contribution >= 4 is 92.7 Å². The van der Waals surface area contributed by atoms with Crippen molar-refractivity contribution in [1.29, 1.82) is 0 Å². The zero-order valence-corrected chi connectivity index (χ0v) is 57.4. The number of fused-ring (bicyclic) bond motifs is 8. The van der Waals surface area contributed by atoms with Crippen molar-refractivity contribution < 1.29 is 19.2 Å². The van der Waals surface area contributed by atoms with Crippen molar-refractivity contribution in [2.24, 2.45) is 45.3 Å². The van der Waals surface area contributed by atoms with Crippen LogP contribution in [-0.2, 0) is 19.2 Å². The highest BCUT2D eigenvalue weighted by Crippen LogP contribution is 2.41. The number of carbonyl (C=O) groups excluding carboxylic acids is 4. The van der Waals surface area contributed by atoms with Gasteiger partial charge in [0, 0.05) is 92.8 Å². The van der Waals surface area contributed by atoms with Gasteiger partial charge < -0.3 is 31.2 Å². The average Bonchev–Trinajstić information content (AvgIpc) is 1.63. The molecule has 4 amide bonds. The van der Waals surface area contributed by atoms with Crippen LogP contribution in [0.15, 0.2) is 121 Å². The number of amides is 4. The summed E-state index contributed by atoms with van der Waals surface area (Å²) >= 11 is 0. The summed E-state index contributed by atoms with van der Waals surface area (Å²) in [6.45, 7) is 35.0. The molecule has 2 aliphatic heterocycles. The molecule has 2 aliphatic rings. The third kappa shape index (κ3) is 18.8. The normalized spacial score (nSPS) is 13.9. The second-order valence-corrected chi connectivity index (χ2v) is 31.3. The van der Waals surface area contributed by atoms with Crippen LogP contribution in [0.2, 0.25) is 0 Å². The summed E-state index contributed by atoms with van der Waals surface area (Å²) in [4.78, 5) is 74.0. The number of carbonyl (C=O) groups is 4. The quantitative estimate of drug-likeness (QED) is 0.0443. The second-order valence-electron chi connectivity index (χ2n) is 31.3. The minimum absolute atomic E-state index is 0.0459. The highest BCUT2D eigenvalue weighted by atomic mass is 16.2. The molecule has 0 saturated heterocycles. The lowest BCUT2D eigenvalue weighted by Crippen LogP contribution is -2.18. The number of rotatable bonds is 20. The van der Waals surface area contributed by atoms with Gasteiger partial charge in [-0.1, -0.05) is 159 Å². The number of hydrogen-bond acceptors (Lipinski definition) is 6. The van der Waals surface area contributed by atoms with Crippen molar-refractivity contribution in [2.75, 3.05) is 21.3 Å². The van der Waals surface area contributed by atoms with Gasteiger partial charge in [-0.3, -0.25) is 19.2 Å². The molecule has 0 radical (unpaired) electrons. The van der Waals surface area contributed by atoms with E-state index in [1.165, 1.54) is 0 Å². The van der Waals surface area contributed by atoms with Gasteiger partial charge in [0.05, 0.1) is 22.8 Å². The molecule has 12 heteroatoms. The van der Waals surface area contributed by atoms with Gasteiger partial charge >= 0.3 is 0 Å². The fraction of sp³-hybridized carbons (Fsp3) is 0.400. The third-order valence-electron chi connectivity index (χ3n) is 16.5. The van der Waals surface area contributed by atoms with Gasteiger partial charge in [0.1, 0.15) is 0 Å². The molecule has 4 unspecified atom stereocenters. The summed E-state index contributed by atoms with van der Waals surface area (Å²) in [5, 5.41) is 12.9. The average molecular weight is 1240 g/mol. The number of H-pyrrole nitrogens is 2. The van der Waals surface area contributed by atoms with Crippen molar-refractivity contribution in [1.82, 2.24) is 19.9 Å². The summed E-state index contributed by atoms with van der Waals surface area (Å²) in [5.74, 6) is 0.576. The SMILES string of the molecule is CC(CC(=O)Nc1cccc(-c2c3nc(c(-c4cccc(NC(=O)CC(C)CC(C)(C)C)c4)c4ccc([nH]4)c(-c4cccc(NC(=O)CC(C)CC(C)(C)C)c4)c4nc(c(-c5cccc(NC(=O)CC(C)CC(C)(C)C)c5)c5ccc2[nH]5)C=C4)C=C3)c1)CC(C)(C)C. The third-order valence-corrected chi connectivity index (χ3v) is 16.5. The van der Waals surface area contributed by atoms with E-state index in [2.05, 4.69) is 166 Å². The standard InChI is InChI=1S/C80H98N8O4/c1-49(45-77(5,6)7)37-69(89)81-57-25-17-21-53(41-57)73-61-29-31-63(85-61)74(54-22-18-26-58(42-54)82-70(90)38-50(2)46-78(8,9)10)65-33-35-67(87-65)76(56-24-20-28-60(44-56)84-72(92)40-52(4)48-80(14,15)16)68-36-34-66(88-68)75(64-32-30-62(73)86-64)55-23-19-27-59(43-55)83-71(91)39-51(3)47-79(11,12)13/h17-36,41-44,49-52,85,88H,37-40,45-48H2,1-16H3,(H,81,89)(H,82,90)(H,83,91)(H,84,92). The highest BCUT2D eigenvalue weighted by molar-refractivity contribution is 6.02. The summed E-state index contributed by atoms with van der Waals surface area (Å²) in [6, 6.07) is 40.1. The molecule has 0 fully saturated rings. The molecule has 0 spiro atoms. The second kappa shape index (κ2) is 28.1. The summed E-state index contributed by atoms with van der Waals surface area (Å²) in [6.07, 6.45) is 13.4. The number of hydrogen-bond donors (Lipinski definition) is 6. The largest absolute Gasteiger partial charge is 0.354 e. The Morgan fingerprint density at radius 2 is 0.543 bits per heavy atom. The van der Waals surface area contributed by atoms with Gasteiger partial charge in [-0.2, -0.15) is 0 Å². The minimum Gasteiger partial charge on any atom is -0.354 e. The number of benzene rings is 4. The lowest BCUT2D eigenvalue weighted by molar-refractivity contribution is -0.118. The van der Waals surface area contributed by atoms with Gasteiger partial charge in [0.15, 0.2) is 0 Å². The zero-order valence-electron chi connectivity index (χ0n) is 57.4. The molecule has 12 nitrogen and oxygen atoms in total. The maximum absolute atomic E-state index is 13.8. The predicted molar refractivity (Wildman–Crippen MR) is 387 cm³/mol. The maximum Gasteiger partial charge on any atom is 0.224 e. The van der Waals surface area contributed by atoms with E-state index >= 15 is 0 Å². The van der Waals surface area contributed by atoms with Crippen LogP contribution in [0.1, 0.15) is 185 Å². The number of nitrogens with one attached hydrogen (secondary N) is 6. The number of nitrogens with zero attached hydrogens (tertiary/aromatic N) is 2. The molecule has 6 N–H and O–H groups in total. The van der Waals surface area contributed by atoms with E-state index in [0.717, 1.165) is 92.3 Å². The summed E-state index contributed by atoms with van der Waals surface area (Å²) in [7, 11) is 0. The van der Waals surface area contributed by atoms with Gasteiger partial charge in [0.2, 0.25) is 23.6 Å². The van der Waals surface area contributed by atoms with Crippen LogP contribution in [-0.4, -0.2) is 43.6 Å². The highest BCUT2D eigenvalue weighted by Gasteiger charge is 2.25. The Morgan fingerprint density at radius 3 is 0.739 bits per heavy atom. The minimum atomic E-state index is -0.0459. The van der Waals surface area contributed by atoms with Gasteiger partial charge in [-0.05, 0) is 190 Å². The Bertz CT molecular complexity index is 3600. The first kappa shape index (κ1) is 67.7. The molecule has 3 aromatic heterocycles. The van der Waals surface area contributed by atoms with Crippen molar-refractivity contribution in [3.05, 3.63) is 144 Å². The smallest absolute Gasteiger partial charge is 0.224 e. The molecular weight excluding hydrogens is 1140 g/mol. The van der Waals surface area contributed by atoms with E-state index in [-0.39, 0.29) is 69.0 Å². The first-order chi connectivity index (χ1) is 43.3. The molecule has 8 bridgehead atoms. The van der Waals surface area contributed by atoms with Gasteiger partial charge in [-0.15, -0.1) is 0 Å². The first-order valence-corrected chi connectivity index (χ1v) is 33.0. The molecule has 92 heavy (non-hydrogen) atoms. The lowest BCUT2D eigenvalue weighted by atomic mass is 9.84. The van der Waals surface area contributed by atoms with Crippen LogP contribution in [0.5, 0.6) is 0 Å². The zero-order chi connectivity index (χ0) is 66.5. The van der Waals surface area contributed by atoms with Crippen molar-refractivity contribution in [3.63, 3.8) is 0 Å².